The number of hydrogen-bond acceptors (Lipinski definition) is 3. The second-order valence-electron chi connectivity index (χ2n) is 5.21. The molecular formula is C16H16ClIN2O. The first-order chi connectivity index (χ1) is 10.2. The maximum absolute atomic E-state index is 6.29. The summed E-state index contributed by atoms with van der Waals surface area (Å²) in [5.74, 6) is 1.06. The van der Waals surface area contributed by atoms with Crippen molar-refractivity contribution in [1.29, 1.82) is 0 Å². The molecule has 1 aliphatic carbocycles. The smallest absolute Gasteiger partial charge is 0.146 e. The molecule has 0 saturated heterocycles. The first-order valence-electron chi connectivity index (χ1n) is 6.99. The van der Waals surface area contributed by atoms with Crippen LogP contribution in [0.1, 0.15) is 41.4 Å². The minimum atomic E-state index is 0.236. The molecule has 1 aliphatic rings. The Hall–Kier alpha value is -0.720. The summed E-state index contributed by atoms with van der Waals surface area (Å²) in [7, 11) is 1.67. The number of methoxy groups -OCH3 is 1. The van der Waals surface area contributed by atoms with E-state index in [-0.39, 0.29) is 5.92 Å². The van der Waals surface area contributed by atoms with E-state index < -0.39 is 0 Å². The van der Waals surface area contributed by atoms with Crippen molar-refractivity contribution < 1.29 is 4.74 Å². The standard InChI is InChI=1S/C16H16ClIN2O/c1-21-9-13-14(18)15(17)20-16(19-13)12-8-4-6-10-5-2-3-7-11(10)12/h2-3,5,7,12H,4,6,8-9H2,1H3. The first kappa shape index (κ1) is 15.2. The lowest BCUT2D eigenvalue weighted by Crippen LogP contribution is -2.15. The molecule has 0 N–H and O–H groups in total. The first-order valence-corrected chi connectivity index (χ1v) is 8.45. The molecule has 5 heteroatoms. The van der Waals surface area contributed by atoms with Crippen LogP contribution in [0.15, 0.2) is 24.3 Å². The van der Waals surface area contributed by atoms with Gasteiger partial charge in [0.25, 0.3) is 0 Å². The molecule has 3 nitrogen and oxygen atoms in total. The van der Waals surface area contributed by atoms with Crippen molar-refractivity contribution in [2.75, 3.05) is 7.11 Å². The van der Waals surface area contributed by atoms with Gasteiger partial charge in [0.1, 0.15) is 11.0 Å². The summed E-state index contributed by atoms with van der Waals surface area (Å²) in [6.45, 7) is 0.460. The molecule has 0 aliphatic heterocycles. The molecule has 3 rings (SSSR count). The van der Waals surface area contributed by atoms with Crippen molar-refractivity contribution in [3.63, 3.8) is 0 Å². The summed E-state index contributed by atoms with van der Waals surface area (Å²) in [6, 6.07) is 8.57. The third kappa shape index (κ3) is 3.07. The van der Waals surface area contributed by atoms with Gasteiger partial charge in [-0.2, -0.15) is 0 Å². The van der Waals surface area contributed by atoms with E-state index in [4.69, 9.17) is 21.3 Å². The van der Waals surface area contributed by atoms with Gasteiger partial charge >= 0.3 is 0 Å². The van der Waals surface area contributed by atoms with Crippen LogP contribution in [0.2, 0.25) is 5.15 Å². The minimum absolute atomic E-state index is 0.236. The summed E-state index contributed by atoms with van der Waals surface area (Å²) in [5.41, 5.74) is 3.61. The maximum Gasteiger partial charge on any atom is 0.146 e. The van der Waals surface area contributed by atoms with Crippen LogP contribution in [0.4, 0.5) is 0 Å². The molecule has 110 valence electrons. The van der Waals surface area contributed by atoms with Crippen molar-refractivity contribution in [3.8, 4) is 0 Å². The van der Waals surface area contributed by atoms with Crippen LogP contribution in [-0.4, -0.2) is 17.1 Å². The van der Waals surface area contributed by atoms with Gasteiger partial charge in [0.15, 0.2) is 0 Å². The highest BCUT2D eigenvalue weighted by atomic mass is 127. The lowest BCUT2D eigenvalue weighted by atomic mass is 9.82. The highest BCUT2D eigenvalue weighted by molar-refractivity contribution is 14.1. The fourth-order valence-electron chi connectivity index (χ4n) is 2.89. The van der Waals surface area contributed by atoms with E-state index in [1.807, 2.05) is 0 Å². The molecule has 21 heavy (non-hydrogen) atoms. The quantitative estimate of drug-likeness (QED) is 0.553. The third-order valence-electron chi connectivity index (χ3n) is 3.86. The molecule has 0 spiro atoms. The highest BCUT2D eigenvalue weighted by Crippen LogP contribution is 2.36. The summed E-state index contributed by atoms with van der Waals surface area (Å²) < 4.78 is 6.10. The number of hydrogen-bond donors (Lipinski definition) is 0. The van der Waals surface area contributed by atoms with E-state index >= 15 is 0 Å². The van der Waals surface area contributed by atoms with E-state index in [0.29, 0.717) is 11.8 Å². The SMILES string of the molecule is COCc1nc(C2CCCc3ccccc32)nc(Cl)c1I. The lowest BCUT2D eigenvalue weighted by molar-refractivity contribution is 0.180. The zero-order valence-electron chi connectivity index (χ0n) is 11.8. The van der Waals surface area contributed by atoms with Gasteiger partial charge in [0, 0.05) is 13.0 Å². The molecule has 0 bridgehead atoms. The largest absolute Gasteiger partial charge is 0.378 e. The molecule has 1 unspecified atom stereocenters. The highest BCUT2D eigenvalue weighted by Gasteiger charge is 2.25. The number of aromatic nitrogens is 2. The Morgan fingerprint density at radius 3 is 2.95 bits per heavy atom. The fourth-order valence-corrected chi connectivity index (χ4v) is 3.48. The van der Waals surface area contributed by atoms with E-state index in [1.54, 1.807) is 7.11 Å². The van der Waals surface area contributed by atoms with Gasteiger partial charge in [0.05, 0.1) is 15.9 Å². The predicted octanol–water partition coefficient (Wildman–Crippen LogP) is 4.35. The number of rotatable bonds is 3. The second kappa shape index (κ2) is 6.58. The molecule has 0 fully saturated rings. The van der Waals surface area contributed by atoms with Gasteiger partial charge in [-0.3, -0.25) is 0 Å². The molecule has 2 aromatic rings. The zero-order chi connectivity index (χ0) is 14.8. The maximum atomic E-state index is 6.29. The summed E-state index contributed by atoms with van der Waals surface area (Å²) in [5, 5.41) is 0.524. The molecule has 1 aromatic heterocycles. The Morgan fingerprint density at radius 2 is 2.14 bits per heavy atom. The number of nitrogens with zero attached hydrogens (tertiary/aromatic N) is 2. The van der Waals surface area contributed by atoms with Gasteiger partial charge in [0.2, 0.25) is 0 Å². The van der Waals surface area contributed by atoms with Crippen molar-refractivity contribution in [2.24, 2.45) is 0 Å². The molecular weight excluding hydrogens is 399 g/mol. The van der Waals surface area contributed by atoms with Gasteiger partial charge < -0.3 is 4.74 Å². The minimum Gasteiger partial charge on any atom is -0.378 e. The Balaban J connectivity index is 2.05. The topological polar surface area (TPSA) is 35.0 Å². The zero-order valence-corrected chi connectivity index (χ0v) is 14.7. The normalized spacial score (nSPS) is 17.6. The average molecular weight is 415 g/mol. The number of aryl methyl sites for hydroxylation is 1. The van der Waals surface area contributed by atoms with Gasteiger partial charge in [-0.25, -0.2) is 9.97 Å². The Labute approximate surface area is 143 Å². The molecule has 0 amide bonds. The number of fused-ring (bicyclic) bond motifs is 1. The summed E-state index contributed by atoms with van der Waals surface area (Å²) >= 11 is 8.47. The van der Waals surface area contributed by atoms with Crippen LogP contribution < -0.4 is 0 Å². The molecule has 0 saturated carbocycles. The Morgan fingerprint density at radius 1 is 1.33 bits per heavy atom. The molecule has 0 radical (unpaired) electrons. The summed E-state index contributed by atoms with van der Waals surface area (Å²) in [6.07, 6.45) is 3.37. The van der Waals surface area contributed by atoms with Crippen LogP contribution in [0.25, 0.3) is 0 Å². The number of benzene rings is 1. The molecule has 1 atom stereocenters. The van der Waals surface area contributed by atoms with Crippen molar-refractivity contribution in [1.82, 2.24) is 9.97 Å². The summed E-state index contributed by atoms with van der Waals surface area (Å²) in [4.78, 5) is 9.25. The van der Waals surface area contributed by atoms with Crippen LogP contribution in [0, 0.1) is 3.57 Å². The number of halogens is 2. The molecule has 1 aromatic carbocycles. The fraction of sp³-hybridized carbons (Fsp3) is 0.375. The Kier molecular flexibility index (Phi) is 4.76. The van der Waals surface area contributed by atoms with Crippen LogP contribution in [0.3, 0.4) is 0 Å². The van der Waals surface area contributed by atoms with Crippen molar-refractivity contribution in [3.05, 3.63) is 55.6 Å². The third-order valence-corrected chi connectivity index (χ3v) is 5.58. The number of ether oxygens (including phenoxy) is 1. The van der Waals surface area contributed by atoms with Gasteiger partial charge in [-0.1, -0.05) is 35.9 Å². The van der Waals surface area contributed by atoms with Crippen molar-refractivity contribution in [2.45, 2.75) is 31.8 Å². The van der Waals surface area contributed by atoms with Gasteiger partial charge in [-0.05, 0) is 53.0 Å². The van der Waals surface area contributed by atoms with Crippen LogP contribution >= 0.6 is 34.2 Å². The monoisotopic (exact) mass is 414 g/mol. The average Bonchev–Trinajstić information content (AvgIpc) is 2.51. The predicted molar refractivity (Wildman–Crippen MR) is 91.7 cm³/mol. The van der Waals surface area contributed by atoms with E-state index in [0.717, 1.165) is 34.4 Å². The lowest BCUT2D eigenvalue weighted by Gasteiger charge is -2.25. The van der Waals surface area contributed by atoms with E-state index in [1.165, 1.54) is 11.1 Å². The van der Waals surface area contributed by atoms with E-state index in [9.17, 15) is 0 Å². The van der Waals surface area contributed by atoms with Crippen molar-refractivity contribution >= 4 is 34.2 Å². The van der Waals surface area contributed by atoms with Gasteiger partial charge in [-0.15, -0.1) is 0 Å². The van der Waals surface area contributed by atoms with E-state index in [2.05, 4.69) is 51.8 Å². The van der Waals surface area contributed by atoms with Crippen LogP contribution in [0.5, 0.6) is 0 Å². The Bertz CT molecular complexity index is 663. The second-order valence-corrected chi connectivity index (χ2v) is 6.65. The van der Waals surface area contributed by atoms with Crippen LogP contribution in [-0.2, 0) is 17.8 Å². The molecule has 1 heterocycles.